The van der Waals surface area contributed by atoms with Crippen molar-refractivity contribution in [1.29, 1.82) is 0 Å². The van der Waals surface area contributed by atoms with Crippen LogP contribution in [0, 0.1) is 0 Å². The van der Waals surface area contributed by atoms with E-state index in [1.807, 2.05) is 19.0 Å². The molecule has 1 unspecified atom stereocenters. The van der Waals surface area contributed by atoms with E-state index < -0.39 is 17.7 Å². The van der Waals surface area contributed by atoms with Crippen molar-refractivity contribution in [2.24, 2.45) is 0 Å². The number of hydrogen-bond donors (Lipinski definition) is 1. The van der Waals surface area contributed by atoms with E-state index in [2.05, 4.69) is 0 Å². The average molecular weight is 493 g/mol. The largest absolute Gasteiger partial charge is 0.507 e. The number of rotatable bonds is 8. The predicted octanol–water partition coefficient (Wildman–Crippen LogP) is 4.38. The van der Waals surface area contributed by atoms with Gasteiger partial charge in [-0.25, -0.2) is 0 Å². The number of ether oxygens (including phenoxy) is 2. The molecule has 1 atom stereocenters. The standard InChI is InChI=1S/C24H26Cl2N2O5/c1-27(2)10-7-11-28-20(15-8-5-6-9-18(15)32-3)19(22(30)24(28)31)21(29)14-12-16(25)23(33-4)17(26)13-14/h5-6,8-9,12-13,20,29H,7,10-11H2,1-4H3/b21-19+. The van der Waals surface area contributed by atoms with Crippen molar-refractivity contribution >= 4 is 40.7 Å². The summed E-state index contributed by atoms with van der Waals surface area (Å²) >= 11 is 12.5. The summed E-state index contributed by atoms with van der Waals surface area (Å²) < 4.78 is 10.7. The van der Waals surface area contributed by atoms with E-state index in [0.717, 1.165) is 6.54 Å². The number of hydrogen-bond acceptors (Lipinski definition) is 6. The summed E-state index contributed by atoms with van der Waals surface area (Å²) in [4.78, 5) is 29.7. The molecular formula is C24H26Cl2N2O5. The molecule has 1 aliphatic heterocycles. The van der Waals surface area contributed by atoms with E-state index in [1.54, 1.807) is 24.3 Å². The molecule has 0 saturated carbocycles. The van der Waals surface area contributed by atoms with Crippen LogP contribution >= 0.6 is 23.2 Å². The summed E-state index contributed by atoms with van der Waals surface area (Å²) in [5.41, 5.74) is 0.750. The molecule has 2 aromatic carbocycles. The number of carbonyl (C=O) groups is 2. The Balaban J connectivity index is 2.19. The van der Waals surface area contributed by atoms with Gasteiger partial charge in [-0.15, -0.1) is 0 Å². The van der Waals surface area contributed by atoms with Gasteiger partial charge in [0.05, 0.1) is 35.9 Å². The number of nitrogens with zero attached hydrogens (tertiary/aromatic N) is 2. The summed E-state index contributed by atoms with van der Waals surface area (Å²) in [5, 5.41) is 11.6. The molecule has 1 aliphatic rings. The Kier molecular flexibility index (Phi) is 7.89. The fraction of sp³-hybridized carbons (Fsp3) is 0.333. The average Bonchev–Trinajstić information content (AvgIpc) is 3.03. The summed E-state index contributed by atoms with van der Waals surface area (Å²) in [6.45, 7) is 1.05. The van der Waals surface area contributed by atoms with Crippen LogP contribution in [0.15, 0.2) is 42.0 Å². The van der Waals surface area contributed by atoms with Crippen molar-refractivity contribution in [3.8, 4) is 11.5 Å². The Bertz CT molecular complexity index is 1080. The lowest BCUT2D eigenvalue weighted by molar-refractivity contribution is -0.140. The molecule has 7 nitrogen and oxygen atoms in total. The van der Waals surface area contributed by atoms with E-state index in [4.69, 9.17) is 32.7 Å². The Hall–Kier alpha value is -2.74. The van der Waals surface area contributed by atoms with Gasteiger partial charge in [0, 0.05) is 17.7 Å². The zero-order valence-corrected chi connectivity index (χ0v) is 20.4. The van der Waals surface area contributed by atoms with Crippen LogP contribution in [0.2, 0.25) is 10.0 Å². The molecule has 176 valence electrons. The van der Waals surface area contributed by atoms with Crippen LogP contribution in [0.3, 0.4) is 0 Å². The fourth-order valence-electron chi connectivity index (χ4n) is 3.93. The van der Waals surface area contributed by atoms with Crippen molar-refractivity contribution in [2.45, 2.75) is 12.5 Å². The normalized spacial score (nSPS) is 17.7. The highest BCUT2D eigenvalue weighted by Gasteiger charge is 2.46. The molecule has 9 heteroatoms. The van der Waals surface area contributed by atoms with Crippen molar-refractivity contribution in [2.75, 3.05) is 41.4 Å². The lowest BCUT2D eigenvalue weighted by atomic mass is 9.94. The molecule has 3 rings (SSSR count). The maximum absolute atomic E-state index is 13.2. The number of aliphatic hydroxyl groups is 1. The zero-order chi connectivity index (χ0) is 24.3. The molecular weight excluding hydrogens is 467 g/mol. The quantitative estimate of drug-likeness (QED) is 0.334. The first-order chi connectivity index (χ1) is 15.7. The van der Waals surface area contributed by atoms with Gasteiger partial charge in [0.2, 0.25) is 0 Å². The van der Waals surface area contributed by atoms with Gasteiger partial charge in [0.25, 0.3) is 11.7 Å². The highest BCUT2D eigenvalue weighted by molar-refractivity contribution is 6.46. The van der Waals surface area contributed by atoms with Crippen LogP contribution < -0.4 is 9.47 Å². The maximum Gasteiger partial charge on any atom is 0.295 e. The van der Waals surface area contributed by atoms with Gasteiger partial charge >= 0.3 is 0 Å². The molecule has 0 spiro atoms. The number of carbonyl (C=O) groups excluding carboxylic acids is 2. The van der Waals surface area contributed by atoms with E-state index in [9.17, 15) is 14.7 Å². The molecule has 33 heavy (non-hydrogen) atoms. The first kappa shape index (κ1) is 24.9. The molecule has 0 aromatic heterocycles. The number of likely N-dealkylation sites (tertiary alicyclic amines) is 1. The number of benzene rings is 2. The smallest absolute Gasteiger partial charge is 0.295 e. The molecule has 1 N–H and O–H groups in total. The minimum absolute atomic E-state index is 0.0494. The van der Waals surface area contributed by atoms with E-state index in [-0.39, 0.29) is 32.7 Å². The number of amides is 1. The van der Waals surface area contributed by atoms with Crippen LogP contribution in [0.5, 0.6) is 11.5 Å². The van der Waals surface area contributed by atoms with Crippen LogP contribution in [0.4, 0.5) is 0 Å². The van der Waals surface area contributed by atoms with Gasteiger partial charge in [-0.2, -0.15) is 0 Å². The maximum atomic E-state index is 13.2. The number of methoxy groups -OCH3 is 2. The number of para-hydroxylation sites is 1. The first-order valence-corrected chi connectivity index (χ1v) is 11.1. The highest BCUT2D eigenvalue weighted by atomic mass is 35.5. The van der Waals surface area contributed by atoms with E-state index in [1.165, 1.54) is 31.3 Å². The summed E-state index contributed by atoms with van der Waals surface area (Å²) in [5.74, 6) is -1.09. The summed E-state index contributed by atoms with van der Waals surface area (Å²) in [6.07, 6.45) is 0.645. The fourth-order valence-corrected chi connectivity index (χ4v) is 4.57. The van der Waals surface area contributed by atoms with Crippen LogP contribution in [0.1, 0.15) is 23.6 Å². The molecule has 1 fully saturated rings. The third-order valence-electron chi connectivity index (χ3n) is 5.45. The summed E-state index contributed by atoms with van der Waals surface area (Å²) in [7, 11) is 6.81. The van der Waals surface area contributed by atoms with E-state index in [0.29, 0.717) is 24.3 Å². The second-order valence-electron chi connectivity index (χ2n) is 7.86. The van der Waals surface area contributed by atoms with Gasteiger partial charge in [-0.3, -0.25) is 9.59 Å². The first-order valence-electron chi connectivity index (χ1n) is 10.3. The molecule has 1 amide bonds. The molecule has 0 bridgehead atoms. The highest BCUT2D eigenvalue weighted by Crippen LogP contribution is 2.44. The third kappa shape index (κ3) is 4.95. The Morgan fingerprint density at radius 2 is 1.73 bits per heavy atom. The van der Waals surface area contributed by atoms with E-state index >= 15 is 0 Å². The lowest BCUT2D eigenvalue weighted by Crippen LogP contribution is -2.32. The van der Waals surface area contributed by atoms with Crippen molar-refractivity contribution < 1.29 is 24.2 Å². The Morgan fingerprint density at radius 3 is 2.30 bits per heavy atom. The molecule has 1 heterocycles. The monoisotopic (exact) mass is 492 g/mol. The second kappa shape index (κ2) is 10.5. The van der Waals surface area contributed by atoms with Crippen molar-refractivity contribution in [1.82, 2.24) is 9.80 Å². The zero-order valence-electron chi connectivity index (χ0n) is 18.9. The van der Waals surface area contributed by atoms with Gasteiger partial charge in [-0.1, -0.05) is 41.4 Å². The molecule has 1 saturated heterocycles. The summed E-state index contributed by atoms with van der Waals surface area (Å²) in [6, 6.07) is 9.16. The third-order valence-corrected chi connectivity index (χ3v) is 6.02. The second-order valence-corrected chi connectivity index (χ2v) is 8.68. The molecule has 2 aromatic rings. The van der Waals surface area contributed by atoms with Gasteiger partial charge < -0.3 is 24.4 Å². The SMILES string of the molecule is COc1ccccc1C1/C(=C(\O)c2cc(Cl)c(OC)c(Cl)c2)C(=O)C(=O)N1CCCN(C)C. The number of Topliss-reactive ketones (excluding diaryl/α,β-unsaturated/α-hetero) is 1. The number of aliphatic hydroxyl groups excluding tert-OH is 1. The van der Waals surface area contributed by atoms with Crippen molar-refractivity contribution in [3.63, 3.8) is 0 Å². The van der Waals surface area contributed by atoms with Gasteiger partial charge in [-0.05, 0) is 45.3 Å². The number of halogens is 2. The lowest BCUT2D eigenvalue weighted by Gasteiger charge is -2.27. The number of ketones is 1. The molecule has 0 radical (unpaired) electrons. The van der Waals surface area contributed by atoms with Crippen molar-refractivity contribution in [3.05, 3.63) is 63.1 Å². The molecule has 0 aliphatic carbocycles. The minimum Gasteiger partial charge on any atom is -0.507 e. The van der Waals surface area contributed by atoms with Gasteiger partial charge in [0.1, 0.15) is 11.5 Å². The van der Waals surface area contributed by atoms with Gasteiger partial charge in [0.15, 0.2) is 5.75 Å². The Morgan fingerprint density at radius 1 is 1.09 bits per heavy atom. The van der Waals surface area contributed by atoms with Crippen LogP contribution in [0.25, 0.3) is 5.76 Å². The van der Waals surface area contributed by atoms with Crippen LogP contribution in [-0.2, 0) is 9.59 Å². The topological polar surface area (TPSA) is 79.3 Å². The predicted molar refractivity (Wildman–Crippen MR) is 128 cm³/mol. The minimum atomic E-state index is -0.831. The Labute approximate surface area is 203 Å². The van der Waals surface area contributed by atoms with Crippen LogP contribution in [-0.4, -0.2) is 68.0 Å².